The lowest BCUT2D eigenvalue weighted by Crippen LogP contribution is -2.16. The third kappa shape index (κ3) is 3.98. The second-order valence-electron chi connectivity index (χ2n) is 4.55. The molecule has 8 heteroatoms. The summed E-state index contributed by atoms with van der Waals surface area (Å²) in [7, 11) is 0. The van der Waals surface area contributed by atoms with Gasteiger partial charge in [0.15, 0.2) is 11.5 Å². The van der Waals surface area contributed by atoms with Gasteiger partial charge in [0, 0.05) is 19.0 Å². The topological polar surface area (TPSA) is 111 Å². The fourth-order valence-corrected chi connectivity index (χ4v) is 1.99. The number of hydrogen-bond acceptors (Lipinski definition) is 6. The molecule has 2 N–H and O–H groups in total. The van der Waals surface area contributed by atoms with E-state index < -0.39 is 10.9 Å². The van der Waals surface area contributed by atoms with Gasteiger partial charge in [-0.3, -0.25) is 14.9 Å². The number of anilines is 1. The summed E-state index contributed by atoms with van der Waals surface area (Å²) in [4.78, 5) is 21.0. The first kappa shape index (κ1) is 14.9. The fraction of sp³-hybridized carbons (Fsp3) is 0.462. The summed E-state index contributed by atoms with van der Waals surface area (Å²) in [6, 6.07) is 2.89. The van der Waals surface area contributed by atoms with Gasteiger partial charge < -0.3 is 19.9 Å². The number of ether oxygens (including phenoxy) is 2. The number of benzene rings is 1. The third-order valence-electron chi connectivity index (χ3n) is 2.99. The maximum atomic E-state index is 11.1. The zero-order chi connectivity index (χ0) is 15.2. The molecule has 0 amide bonds. The second kappa shape index (κ2) is 6.78. The lowest BCUT2D eigenvalue weighted by molar-refractivity contribution is -0.384. The molecule has 1 heterocycles. The van der Waals surface area contributed by atoms with Crippen molar-refractivity contribution in [3.05, 3.63) is 22.2 Å². The number of nitro benzene ring substituents is 1. The average molecular weight is 296 g/mol. The number of nitro groups is 1. The van der Waals surface area contributed by atoms with Crippen molar-refractivity contribution in [3.8, 4) is 11.5 Å². The predicted octanol–water partition coefficient (Wildman–Crippen LogP) is 2.03. The van der Waals surface area contributed by atoms with E-state index in [0.717, 1.165) is 0 Å². The lowest BCUT2D eigenvalue weighted by Gasteiger charge is -2.19. The minimum atomic E-state index is -0.847. The maximum absolute atomic E-state index is 11.1. The lowest BCUT2D eigenvalue weighted by atomic mass is 10.2. The Kier molecular flexibility index (Phi) is 4.81. The zero-order valence-corrected chi connectivity index (χ0v) is 11.3. The van der Waals surface area contributed by atoms with E-state index in [-0.39, 0.29) is 12.1 Å². The average Bonchev–Trinajstić information content (AvgIpc) is 2.45. The molecule has 2 rings (SSSR count). The summed E-state index contributed by atoms with van der Waals surface area (Å²) in [5, 5.41) is 22.6. The number of carboxylic acids is 1. The first-order valence-corrected chi connectivity index (χ1v) is 6.61. The Hall–Kier alpha value is -2.51. The van der Waals surface area contributed by atoms with Crippen LogP contribution < -0.4 is 14.8 Å². The van der Waals surface area contributed by atoms with Gasteiger partial charge in [-0.05, 0) is 12.8 Å². The molecule has 0 spiro atoms. The van der Waals surface area contributed by atoms with E-state index in [1.165, 1.54) is 6.07 Å². The Labute approximate surface area is 120 Å². The van der Waals surface area contributed by atoms with Crippen LogP contribution in [-0.4, -0.2) is 35.8 Å². The van der Waals surface area contributed by atoms with Crippen molar-refractivity contribution < 1.29 is 24.3 Å². The molecule has 21 heavy (non-hydrogen) atoms. The largest absolute Gasteiger partial charge is 0.486 e. The van der Waals surface area contributed by atoms with Crippen LogP contribution >= 0.6 is 0 Å². The predicted molar refractivity (Wildman–Crippen MR) is 74.1 cm³/mol. The van der Waals surface area contributed by atoms with Crippen molar-refractivity contribution in [2.24, 2.45) is 0 Å². The molecule has 8 nitrogen and oxygen atoms in total. The summed E-state index contributed by atoms with van der Waals surface area (Å²) in [5.41, 5.74) is 0.261. The maximum Gasteiger partial charge on any atom is 0.303 e. The number of rotatable bonds is 7. The molecule has 0 saturated carbocycles. The van der Waals surface area contributed by atoms with Gasteiger partial charge in [0.05, 0.1) is 11.0 Å². The van der Waals surface area contributed by atoms with Crippen LogP contribution in [0.1, 0.15) is 19.3 Å². The van der Waals surface area contributed by atoms with E-state index in [1.807, 2.05) is 0 Å². The van der Waals surface area contributed by atoms with Gasteiger partial charge in [-0.25, -0.2) is 0 Å². The van der Waals surface area contributed by atoms with Crippen LogP contribution in [-0.2, 0) is 4.79 Å². The molecular weight excluding hydrogens is 280 g/mol. The molecular formula is C13H16N2O6. The van der Waals surface area contributed by atoms with E-state index in [4.69, 9.17) is 14.6 Å². The van der Waals surface area contributed by atoms with Crippen molar-refractivity contribution in [3.63, 3.8) is 0 Å². The van der Waals surface area contributed by atoms with Gasteiger partial charge in [0.1, 0.15) is 18.9 Å². The van der Waals surface area contributed by atoms with Crippen molar-refractivity contribution in [2.75, 3.05) is 25.1 Å². The van der Waals surface area contributed by atoms with Gasteiger partial charge in [0.25, 0.3) is 5.69 Å². The van der Waals surface area contributed by atoms with Gasteiger partial charge in [-0.15, -0.1) is 0 Å². The van der Waals surface area contributed by atoms with Crippen LogP contribution in [0.25, 0.3) is 0 Å². The van der Waals surface area contributed by atoms with Gasteiger partial charge in [-0.1, -0.05) is 0 Å². The van der Waals surface area contributed by atoms with Gasteiger partial charge in [-0.2, -0.15) is 0 Å². The zero-order valence-electron chi connectivity index (χ0n) is 11.3. The van der Waals surface area contributed by atoms with Gasteiger partial charge >= 0.3 is 5.97 Å². The van der Waals surface area contributed by atoms with Crippen LogP contribution in [0.2, 0.25) is 0 Å². The molecule has 0 bridgehead atoms. The molecule has 1 aromatic rings. The summed E-state index contributed by atoms with van der Waals surface area (Å²) < 4.78 is 10.7. The van der Waals surface area contributed by atoms with Crippen LogP contribution in [0.15, 0.2) is 12.1 Å². The standard InChI is InChI=1S/C13H16N2O6/c16-13(17)3-1-2-4-14-9-7-11-12(21-6-5-20-11)8-10(9)15(18)19/h7-8,14H,1-6H2,(H,16,17). The molecule has 0 saturated heterocycles. The highest BCUT2D eigenvalue weighted by molar-refractivity contribution is 5.69. The van der Waals surface area contributed by atoms with Crippen LogP contribution in [0, 0.1) is 10.1 Å². The SMILES string of the molecule is O=C(O)CCCCNc1cc2c(cc1[N+](=O)[O-])OCCO2. The Balaban J connectivity index is 2.03. The minimum absolute atomic E-state index is 0.0857. The molecule has 0 fully saturated rings. The number of hydrogen-bond donors (Lipinski definition) is 2. The fourth-order valence-electron chi connectivity index (χ4n) is 1.99. The highest BCUT2D eigenvalue weighted by Crippen LogP contribution is 2.39. The van der Waals surface area contributed by atoms with Crippen LogP contribution in [0.5, 0.6) is 11.5 Å². The summed E-state index contributed by atoms with van der Waals surface area (Å²) >= 11 is 0. The summed E-state index contributed by atoms with van der Waals surface area (Å²) in [6.45, 7) is 1.22. The molecule has 0 radical (unpaired) electrons. The Morgan fingerprint density at radius 1 is 1.29 bits per heavy atom. The van der Waals surface area contributed by atoms with E-state index in [1.54, 1.807) is 6.07 Å². The Morgan fingerprint density at radius 2 is 1.95 bits per heavy atom. The smallest absolute Gasteiger partial charge is 0.303 e. The molecule has 1 aromatic carbocycles. The number of nitrogens with zero attached hydrogens (tertiary/aromatic N) is 1. The Bertz CT molecular complexity index is 546. The molecule has 114 valence electrons. The summed E-state index contributed by atoms with van der Waals surface area (Å²) in [5.74, 6) is -0.00965. The first-order chi connectivity index (χ1) is 10.1. The van der Waals surface area contributed by atoms with Crippen molar-refractivity contribution in [1.29, 1.82) is 0 Å². The third-order valence-corrected chi connectivity index (χ3v) is 2.99. The number of unbranched alkanes of at least 4 members (excludes halogenated alkanes) is 1. The van der Waals surface area contributed by atoms with Gasteiger partial charge in [0.2, 0.25) is 0 Å². The molecule has 1 aliphatic rings. The second-order valence-corrected chi connectivity index (χ2v) is 4.55. The Morgan fingerprint density at radius 3 is 2.57 bits per heavy atom. The molecule has 0 unspecified atom stereocenters. The number of nitrogens with one attached hydrogen (secondary N) is 1. The van der Waals surface area contributed by atoms with E-state index in [0.29, 0.717) is 49.8 Å². The van der Waals surface area contributed by atoms with Crippen molar-refractivity contribution >= 4 is 17.3 Å². The normalized spacial score (nSPS) is 12.8. The molecule has 0 atom stereocenters. The van der Waals surface area contributed by atoms with E-state index in [2.05, 4.69) is 5.32 Å². The minimum Gasteiger partial charge on any atom is -0.486 e. The van der Waals surface area contributed by atoms with Crippen molar-refractivity contribution in [2.45, 2.75) is 19.3 Å². The first-order valence-electron chi connectivity index (χ1n) is 6.61. The molecule has 0 aliphatic carbocycles. The number of carboxylic acid groups (broad SMARTS) is 1. The highest BCUT2D eigenvalue weighted by atomic mass is 16.6. The van der Waals surface area contributed by atoms with E-state index in [9.17, 15) is 14.9 Å². The van der Waals surface area contributed by atoms with E-state index >= 15 is 0 Å². The number of fused-ring (bicyclic) bond motifs is 1. The monoisotopic (exact) mass is 296 g/mol. The van der Waals surface area contributed by atoms with Crippen LogP contribution in [0.4, 0.5) is 11.4 Å². The highest BCUT2D eigenvalue weighted by Gasteiger charge is 2.21. The molecule has 0 aromatic heterocycles. The summed E-state index contributed by atoms with van der Waals surface area (Å²) in [6.07, 6.45) is 1.21. The molecule has 1 aliphatic heterocycles. The van der Waals surface area contributed by atoms with Crippen molar-refractivity contribution in [1.82, 2.24) is 0 Å². The number of aliphatic carboxylic acids is 1. The van der Waals surface area contributed by atoms with Crippen LogP contribution in [0.3, 0.4) is 0 Å². The quantitative estimate of drug-likeness (QED) is 0.450. The number of carbonyl (C=O) groups is 1.